The van der Waals surface area contributed by atoms with Crippen LogP contribution in [-0.4, -0.2) is 45.4 Å². The number of aromatic nitrogens is 4. The number of pyridine rings is 1. The number of nitrogens with zero attached hydrogens (tertiary/aromatic N) is 5. The van der Waals surface area contributed by atoms with Crippen molar-refractivity contribution in [1.29, 1.82) is 0 Å². The van der Waals surface area contributed by atoms with Gasteiger partial charge in [0.25, 0.3) is 0 Å². The molecule has 0 radical (unpaired) electrons. The molecular formula is C16H17N5O. The van der Waals surface area contributed by atoms with Crippen molar-refractivity contribution in [3.63, 3.8) is 0 Å². The van der Waals surface area contributed by atoms with Crippen LogP contribution in [0.2, 0.25) is 0 Å². The Morgan fingerprint density at radius 3 is 2.86 bits per heavy atom. The first-order chi connectivity index (χ1) is 10.8. The lowest BCUT2D eigenvalue weighted by Crippen LogP contribution is -2.44. The molecule has 1 unspecified atom stereocenters. The number of ether oxygens (including phenoxy) is 1. The van der Waals surface area contributed by atoms with Crippen molar-refractivity contribution < 1.29 is 4.74 Å². The number of rotatable bonds is 2. The van der Waals surface area contributed by atoms with Crippen LogP contribution in [0, 0.1) is 0 Å². The van der Waals surface area contributed by atoms with Crippen molar-refractivity contribution >= 4 is 11.5 Å². The van der Waals surface area contributed by atoms with E-state index in [9.17, 15) is 0 Å². The average Bonchev–Trinajstić information content (AvgIpc) is 2.99. The lowest BCUT2D eigenvalue weighted by atomic mass is 10.2. The van der Waals surface area contributed by atoms with Gasteiger partial charge in [-0.1, -0.05) is 0 Å². The van der Waals surface area contributed by atoms with Crippen LogP contribution < -0.4 is 4.90 Å². The topological polar surface area (TPSA) is 55.5 Å². The molecule has 0 aliphatic carbocycles. The van der Waals surface area contributed by atoms with E-state index in [-0.39, 0.29) is 0 Å². The molecule has 112 valence electrons. The van der Waals surface area contributed by atoms with Crippen molar-refractivity contribution in [3.8, 4) is 11.3 Å². The summed E-state index contributed by atoms with van der Waals surface area (Å²) < 4.78 is 7.40. The Morgan fingerprint density at radius 1 is 1.18 bits per heavy atom. The number of fused-ring (bicyclic) bond motifs is 1. The fraction of sp³-hybridized carbons (Fsp3) is 0.312. The smallest absolute Gasteiger partial charge is 0.154 e. The van der Waals surface area contributed by atoms with Gasteiger partial charge in [-0.15, -0.1) is 5.10 Å². The molecule has 6 heteroatoms. The Morgan fingerprint density at radius 2 is 2.05 bits per heavy atom. The molecular weight excluding hydrogens is 278 g/mol. The molecule has 22 heavy (non-hydrogen) atoms. The summed E-state index contributed by atoms with van der Waals surface area (Å²) in [5.41, 5.74) is 2.87. The van der Waals surface area contributed by atoms with E-state index >= 15 is 0 Å². The normalized spacial score (nSPS) is 18.8. The minimum atomic E-state index is 0.326. The van der Waals surface area contributed by atoms with Gasteiger partial charge in [0.1, 0.15) is 5.82 Å². The van der Waals surface area contributed by atoms with Crippen molar-refractivity contribution in [2.45, 2.75) is 13.0 Å². The number of morpholine rings is 1. The summed E-state index contributed by atoms with van der Waals surface area (Å²) in [7, 11) is 0. The van der Waals surface area contributed by atoms with Crippen LogP contribution in [0.1, 0.15) is 6.92 Å². The molecule has 1 saturated heterocycles. The molecule has 1 aliphatic heterocycles. The second-order valence-electron chi connectivity index (χ2n) is 5.46. The zero-order chi connectivity index (χ0) is 14.9. The van der Waals surface area contributed by atoms with Crippen molar-refractivity contribution in [2.75, 3.05) is 24.7 Å². The van der Waals surface area contributed by atoms with Gasteiger partial charge in [0.05, 0.1) is 31.1 Å². The summed E-state index contributed by atoms with van der Waals surface area (Å²) in [6.07, 6.45) is 5.41. The minimum Gasteiger partial charge on any atom is -0.377 e. The van der Waals surface area contributed by atoms with Crippen LogP contribution in [0.4, 0.5) is 5.82 Å². The van der Waals surface area contributed by atoms with Crippen LogP contribution in [0.3, 0.4) is 0 Å². The summed E-state index contributed by atoms with van der Waals surface area (Å²) in [5.74, 6) is 0.955. The maximum absolute atomic E-state index is 5.50. The monoisotopic (exact) mass is 295 g/mol. The summed E-state index contributed by atoms with van der Waals surface area (Å²) in [6.45, 7) is 4.49. The second kappa shape index (κ2) is 5.38. The molecule has 6 nitrogen and oxygen atoms in total. The predicted octanol–water partition coefficient (Wildman–Crippen LogP) is 2.02. The van der Waals surface area contributed by atoms with Crippen LogP contribution in [0.25, 0.3) is 16.9 Å². The first kappa shape index (κ1) is 13.2. The molecule has 3 aromatic heterocycles. The van der Waals surface area contributed by atoms with Gasteiger partial charge in [-0.3, -0.25) is 4.98 Å². The lowest BCUT2D eigenvalue weighted by molar-refractivity contribution is 0.0984. The van der Waals surface area contributed by atoms with Crippen molar-refractivity contribution in [2.24, 2.45) is 0 Å². The maximum atomic E-state index is 5.50. The van der Waals surface area contributed by atoms with Crippen molar-refractivity contribution in [1.82, 2.24) is 19.6 Å². The summed E-state index contributed by atoms with van der Waals surface area (Å²) in [5, 5.41) is 4.79. The van der Waals surface area contributed by atoms with Gasteiger partial charge < -0.3 is 9.64 Å². The van der Waals surface area contributed by atoms with Gasteiger partial charge in [0, 0.05) is 24.5 Å². The molecule has 0 aromatic carbocycles. The Balaban J connectivity index is 1.79. The zero-order valence-corrected chi connectivity index (χ0v) is 12.4. The van der Waals surface area contributed by atoms with E-state index < -0.39 is 0 Å². The third-order valence-corrected chi connectivity index (χ3v) is 3.99. The van der Waals surface area contributed by atoms with E-state index in [1.807, 2.05) is 35.0 Å². The SMILES string of the molecule is CC1COCCN1c1ccc2ncc(-c3ccncc3)n2n1. The van der Waals surface area contributed by atoms with Gasteiger partial charge in [-0.2, -0.15) is 0 Å². The van der Waals surface area contributed by atoms with Gasteiger partial charge in [-0.05, 0) is 31.2 Å². The number of imidazole rings is 1. The third kappa shape index (κ3) is 2.21. The third-order valence-electron chi connectivity index (χ3n) is 3.99. The fourth-order valence-corrected chi connectivity index (χ4v) is 2.80. The van der Waals surface area contributed by atoms with Gasteiger partial charge in [0.15, 0.2) is 5.65 Å². The molecule has 0 amide bonds. The van der Waals surface area contributed by atoms with E-state index in [1.54, 1.807) is 12.4 Å². The molecule has 3 aromatic rings. The van der Waals surface area contributed by atoms with Gasteiger partial charge in [0.2, 0.25) is 0 Å². The number of anilines is 1. The molecule has 1 aliphatic rings. The van der Waals surface area contributed by atoms with Crippen LogP contribution in [0.5, 0.6) is 0 Å². The van der Waals surface area contributed by atoms with Gasteiger partial charge >= 0.3 is 0 Å². The minimum absolute atomic E-state index is 0.326. The predicted molar refractivity (Wildman–Crippen MR) is 83.8 cm³/mol. The lowest BCUT2D eigenvalue weighted by Gasteiger charge is -2.34. The standard InChI is InChI=1S/C16H17N5O/c1-12-11-22-9-8-20(12)16-3-2-15-18-10-14(21(15)19-16)13-4-6-17-7-5-13/h2-7,10,12H,8-9,11H2,1H3. The second-order valence-corrected chi connectivity index (χ2v) is 5.46. The van der Waals surface area contributed by atoms with Gasteiger partial charge in [-0.25, -0.2) is 9.50 Å². The quantitative estimate of drug-likeness (QED) is 0.724. The van der Waals surface area contributed by atoms with E-state index in [1.165, 1.54) is 0 Å². The Bertz CT molecular complexity index is 786. The van der Waals surface area contributed by atoms with Crippen molar-refractivity contribution in [3.05, 3.63) is 42.9 Å². The number of hydrogen-bond acceptors (Lipinski definition) is 5. The highest BCUT2D eigenvalue weighted by Gasteiger charge is 2.21. The fourth-order valence-electron chi connectivity index (χ4n) is 2.80. The molecule has 1 atom stereocenters. The van der Waals surface area contributed by atoms with Crippen LogP contribution >= 0.6 is 0 Å². The molecule has 4 heterocycles. The first-order valence-corrected chi connectivity index (χ1v) is 7.42. The first-order valence-electron chi connectivity index (χ1n) is 7.42. The van der Waals surface area contributed by atoms with Crippen LogP contribution in [0.15, 0.2) is 42.9 Å². The molecule has 0 N–H and O–H groups in total. The van der Waals surface area contributed by atoms with E-state index in [0.717, 1.165) is 42.5 Å². The summed E-state index contributed by atoms with van der Waals surface area (Å²) in [6, 6.07) is 8.30. The highest BCUT2D eigenvalue weighted by molar-refractivity contribution is 5.63. The molecule has 4 rings (SSSR count). The summed E-state index contributed by atoms with van der Waals surface area (Å²) in [4.78, 5) is 10.8. The largest absolute Gasteiger partial charge is 0.377 e. The van der Waals surface area contributed by atoms with E-state index in [4.69, 9.17) is 9.84 Å². The highest BCUT2D eigenvalue weighted by atomic mass is 16.5. The summed E-state index contributed by atoms with van der Waals surface area (Å²) >= 11 is 0. The Kier molecular flexibility index (Phi) is 3.23. The number of hydrogen-bond donors (Lipinski definition) is 0. The van der Waals surface area contributed by atoms with E-state index in [0.29, 0.717) is 6.04 Å². The highest BCUT2D eigenvalue weighted by Crippen LogP contribution is 2.22. The molecule has 0 bridgehead atoms. The molecule has 1 fully saturated rings. The van der Waals surface area contributed by atoms with E-state index in [2.05, 4.69) is 21.8 Å². The average molecular weight is 295 g/mol. The molecule has 0 spiro atoms. The maximum Gasteiger partial charge on any atom is 0.154 e. The van der Waals surface area contributed by atoms with Crippen LogP contribution in [-0.2, 0) is 4.74 Å². The Hall–Kier alpha value is -2.47. The molecule has 0 saturated carbocycles. The Labute approximate surface area is 128 Å². The zero-order valence-electron chi connectivity index (χ0n) is 12.4.